The van der Waals surface area contributed by atoms with Crippen LogP contribution >= 0.6 is 11.3 Å². The predicted octanol–water partition coefficient (Wildman–Crippen LogP) is 4.25. The Balaban J connectivity index is 1.64. The molecule has 1 unspecified atom stereocenters. The lowest BCUT2D eigenvalue weighted by Crippen LogP contribution is -2.31. The van der Waals surface area contributed by atoms with Crippen LogP contribution in [0.15, 0.2) is 60.2 Å². The number of thiophene rings is 1. The van der Waals surface area contributed by atoms with Crippen LogP contribution in [0.25, 0.3) is 21.6 Å². The lowest BCUT2D eigenvalue weighted by Gasteiger charge is -2.14. The first-order valence-corrected chi connectivity index (χ1v) is 11.7. The van der Waals surface area contributed by atoms with Crippen molar-refractivity contribution in [3.63, 3.8) is 0 Å². The summed E-state index contributed by atoms with van der Waals surface area (Å²) < 4.78 is 0.937. The second-order valence-corrected chi connectivity index (χ2v) is 9.46. The second kappa shape index (κ2) is 10.1. The van der Waals surface area contributed by atoms with Crippen LogP contribution in [0.2, 0.25) is 0 Å². The number of fused-ring (bicyclic) bond motifs is 1. The summed E-state index contributed by atoms with van der Waals surface area (Å²) >= 11 is 1.55. The molecule has 1 atom stereocenters. The predicted molar refractivity (Wildman–Crippen MR) is 135 cm³/mol. The fourth-order valence-corrected chi connectivity index (χ4v) is 4.23. The number of anilines is 1. The Morgan fingerprint density at radius 3 is 2.61 bits per heavy atom. The van der Waals surface area contributed by atoms with Gasteiger partial charge in [0.05, 0.1) is 15.9 Å². The van der Waals surface area contributed by atoms with Crippen LogP contribution in [0.1, 0.15) is 31.4 Å². The second-order valence-electron chi connectivity index (χ2n) is 8.58. The zero-order valence-corrected chi connectivity index (χ0v) is 19.6. The van der Waals surface area contributed by atoms with Gasteiger partial charge in [-0.2, -0.15) is 0 Å². The van der Waals surface area contributed by atoms with Crippen LogP contribution < -0.4 is 11.1 Å². The molecule has 33 heavy (non-hydrogen) atoms. The lowest BCUT2D eigenvalue weighted by atomic mass is 10.1. The highest BCUT2D eigenvalue weighted by atomic mass is 32.1. The first kappa shape index (κ1) is 22.9. The number of pyridine rings is 1. The number of nitrogens with two attached hydrogens (primary N) is 1. The number of nitrogens with one attached hydrogen (secondary N) is 1. The molecule has 1 aromatic carbocycles. The van der Waals surface area contributed by atoms with Gasteiger partial charge in [0.15, 0.2) is 5.82 Å². The molecule has 0 aliphatic carbocycles. The van der Waals surface area contributed by atoms with Crippen molar-refractivity contribution >= 4 is 27.4 Å². The number of nitrogens with zero attached hydrogens (tertiary/aromatic N) is 3. The Morgan fingerprint density at radius 1 is 1.12 bits per heavy atom. The molecule has 0 saturated carbocycles. The van der Waals surface area contributed by atoms with Crippen molar-refractivity contribution in [2.45, 2.75) is 38.3 Å². The third-order valence-electron chi connectivity index (χ3n) is 4.97. The largest absolute Gasteiger partial charge is 0.389 e. The molecule has 0 fully saturated rings. The summed E-state index contributed by atoms with van der Waals surface area (Å²) in [5, 5.41) is 15.4. The third-order valence-corrected chi connectivity index (χ3v) is 5.95. The molecule has 7 heteroatoms. The van der Waals surface area contributed by atoms with Gasteiger partial charge in [-0.15, -0.1) is 11.3 Å². The minimum absolute atomic E-state index is 0.0622. The number of aromatic nitrogens is 3. The van der Waals surface area contributed by atoms with E-state index in [-0.39, 0.29) is 6.04 Å². The van der Waals surface area contributed by atoms with Gasteiger partial charge in [-0.3, -0.25) is 4.98 Å². The van der Waals surface area contributed by atoms with Gasteiger partial charge in [0.25, 0.3) is 0 Å². The fourth-order valence-electron chi connectivity index (χ4n) is 3.33. The number of rotatable bonds is 7. The van der Waals surface area contributed by atoms with Gasteiger partial charge < -0.3 is 16.2 Å². The van der Waals surface area contributed by atoms with Gasteiger partial charge in [0.1, 0.15) is 11.3 Å². The zero-order valence-electron chi connectivity index (χ0n) is 18.7. The minimum atomic E-state index is -0.836. The molecule has 0 bridgehead atoms. The molecular weight excluding hydrogens is 430 g/mol. The van der Waals surface area contributed by atoms with E-state index < -0.39 is 5.60 Å². The number of aliphatic hydroxyl groups is 1. The van der Waals surface area contributed by atoms with Crippen LogP contribution in [0.5, 0.6) is 0 Å². The Labute approximate surface area is 197 Å². The summed E-state index contributed by atoms with van der Waals surface area (Å²) in [6, 6.07) is 13.9. The summed E-state index contributed by atoms with van der Waals surface area (Å²) in [5.41, 5.74) is 9.27. The molecule has 168 valence electrons. The smallest absolute Gasteiger partial charge is 0.162 e. The van der Waals surface area contributed by atoms with E-state index in [1.165, 1.54) is 5.56 Å². The number of benzene rings is 1. The van der Waals surface area contributed by atoms with E-state index in [1.54, 1.807) is 37.6 Å². The summed E-state index contributed by atoms with van der Waals surface area (Å²) in [5.74, 6) is 7.60. The zero-order chi connectivity index (χ0) is 23.3. The van der Waals surface area contributed by atoms with E-state index in [4.69, 9.17) is 15.7 Å². The van der Waals surface area contributed by atoms with Gasteiger partial charge in [-0.25, -0.2) is 9.97 Å². The van der Waals surface area contributed by atoms with E-state index in [2.05, 4.69) is 34.3 Å². The third kappa shape index (κ3) is 6.14. The van der Waals surface area contributed by atoms with E-state index in [9.17, 15) is 5.11 Å². The molecule has 0 radical (unpaired) electrons. The maximum atomic E-state index is 9.97. The standard InChI is InChI=1S/C26H27N5OS/c1-26(2,32)12-6-9-20-17-33-23-22(20)30-24(19-10-13-28-14-11-19)31-25(23)29-16-21(27)15-18-7-4-3-5-8-18/h3-5,7-8,10-11,13-14,17,21,32H,12,15-16,27H2,1-2H3,(H,29,30,31). The quantitative estimate of drug-likeness (QED) is 0.359. The Hall–Kier alpha value is -3.31. The Bertz CT molecular complexity index is 1270. The first-order valence-electron chi connectivity index (χ1n) is 10.8. The molecule has 0 saturated heterocycles. The molecule has 3 aromatic heterocycles. The van der Waals surface area contributed by atoms with Crippen LogP contribution in [0.4, 0.5) is 5.82 Å². The summed E-state index contributed by atoms with van der Waals surface area (Å²) in [6.45, 7) is 4.07. The lowest BCUT2D eigenvalue weighted by molar-refractivity contribution is 0.0862. The van der Waals surface area contributed by atoms with Gasteiger partial charge >= 0.3 is 0 Å². The topological polar surface area (TPSA) is 97.0 Å². The highest BCUT2D eigenvalue weighted by Gasteiger charge is 2.15. The van der Waals surface area contributed by atoms with E-state index in [0.29, 0.717) is 18.8 Å². The van der Waals surface area contributed by atoms with Gasteiger partial charge in [0, 0.05) is 42.3 Å². The van der Waals surface area contributed by atoms with Crippen molar-refractivity contribution in [3.8, 4) is 23.2 Å². The molecule has 6 nitrogen and oxygen atoms in total. The van der Waals surface area contributed by atoms with Crippen LogP contribution in [-0.4, -0.2) is 38.2 Å². The average Bonchev–Trinajstić information content (AvgIpc) is 3.21. The molecule has 0 aliphatic heterocycles. The molecule has 0 aliphatic rings. The molecule has 4 N–H and O–H groups in total. The summed E-state index contributed by atoms with van der Waals surface area (Å²) in [7, 11) is 0. The van der Waals surface area contributed by atoms with Gasteiger partial charge in [-0.1, -0.05) is 42.2 Å². The monoisotopic (exact) mass is 457 g/mol. The van der Waals surface area contributed by atoms with E-state index in [1.807, 2.05) is 35.7 Å². The van der Waals surface area contributed by atoms with Gasteiger partial charge in [0.2, 0.25) is 0 Å². The summed E-state index contributed by atoms with van der Waals surface area (Å²) in [4.78, 5) is 13.7. The maximum Gasteiger partial charge on any atom is 0.162 e. The molecular formula is C26H27N5OS. The van der Waals surface area contributed by atoms with Crippen molar-refractivity contribution in [1.29, 1.82) is 0 Å². The van der Waals surface area contributed by atoms with Crippen molar-refractivity contribution < 1.29 is 5.11 Å². The Kier molecular flexibility index (Phi) is 6.99. The molecule has 4 aromatic rings. The first-order chi connectivity index (χ1) is 15.9. The van der Waals surface area contributed by atoms with Crippen molar-refractivity contribution in [2.24, 2.45) is 5.73 Å². The van der Waals surface area contributed by atoms with E-state index in [0.717, 1.165) is 33.6 Å². The normalized spacial score (nSPS) is 12.2. The van der Waals surface area contributed by atoms with Crippen molar-refractivity contribution in [2.75, 3.05) is 11.9 Å². The highest BCUT2D eigenvalue weighted by molar-refractivity contribution is 7.18. The Morgan fingerprint density at radius 2 is 1.88 bits per heavy atom. The number of hydrogen-bond donors (Lipinski definition) is 3. The van der Waals surface area contributed by atoms with Crippen LogP contribution in [-0.2, 0) is 6.42 Å². The van der Waals surface area contributed by atoms with Crippen LogP contribution in [0.3, 0.4) is 0 Å². The maximum absolute atomic E-state index is 9.97. The molecule has 4 rings (SSSR count). The molecule has 3 heterocycles. The van der Waals surface area contributed by atoms with E-state index >= 15 is 0 Å². The highest BCUT2D eigenvalue weighted by Crippen LogP contribution is 2.32. The fraction of sp³-hybridized carbons (Fsp3) is 0.269. The molecule has 0 spiro atoms. The van der Waals surface area contributed by atoms with Gasteiger partial charge in [-0.05, 0) is 38.0 Å². The number of hydrogen-bond acceptors (Lipinski definition) is 7. The van der Waals surface area contributed by atoms with Crippen molar-refractivity contribution in [3.05, 3.63) is 71.4 Å². The SMILES string of the molecule is CC(C)(O)CC#Cc1csc2c(NCC(N)Cc3ccccc3)nc(-c3ccncc3)nc12. The summed E-state index contributed by atoms with van der Waals surface area (Å²) in [6.07, 6.45) is 4.61. The minimum Gasteiger partial charge on any atom is -0.389 e. The average molecular weight is 458 g/mol. The van der Waals surface area contributed by atoms with Crippen molar-refractivity contribution in [1.82, 2.24) is 15.0 Å². The van der Waals surface area contributed by atoms with Crippen LogP contribution in [0, 0.1) is 11.8 Å². The molecule has 0 amide bonds.